The average Bonchev–Trinajstić information content (AvgIpc) is 3.27. The van der Waals surface area contributed by atoms with Gasteiger partial charge in [-0.3, -0.25) is 4.79 Å². The number of Topliss-reactive ketones (excluding diaryl/α,β-unsaturated/α-hetero) is 1. The van der Waals surface area contributed by atoms with E-state index < -0.39 is 0 Å². The van der Waals surface area contributed by atoms with Crippen LogP contribution in [0.2, 0.25) is 0 Å². The van der Waals surface area contributed by atoms with Gasteiger partial charge >= 0.3 is 0 Å². The van der Waals surface area contributed by atoms with Crippen LogP contribution in [0.15, 0.2) is 22.8 Å². The number of hydrogen-bond donors (Lipinski definition) is 1. The first-order chi connectivity index (χ1) is 10.9. The summed E-state index contributed by atoms with van der Waals surface area (Å²) in [6.07, 6.45) is 11.9. The van der Waals surface area contributed by atoms with Gasteiger partial charge in [0.2, 0.25) is 0 Å². The summed E-state index contributed by atoms with van der Waals surface area (Å²) in [6.45, 7) is 6.75. The van der Waals surface area contributed by atoms with Crippen molar-refractivity contribution in [3.63, 3.8) is 0 Å². The predicted octanol–water partition coefficient (Wildman–Crippen LogP) is 5.76. The number of carbonyl (C=O) groups excluding carboxylic acids is 1. The fourth-order valence-corrected chi connectivity index (χ4v) is 5.00. The molecule has 3 atom stereocenters. The molecule has 3 aliphatic rings. The predicted molar refractivity (Wildman–Crippen MR) is 101 cm³/mol. The number of carbonyl (C=O) groups is 1. The minimum atomic E-state index is 0.133. The lowest BCUT2D eigenvalue weighted by atomic mass is 9.71. The zero-order valence-electron chi connectivity index (χ0n) is 15.0. The van der Waals surface area contributed by atoms with Crippen molar-refractivity contribution in [2.24, 2.45) is 23.2 Å². The van der Waals surface area contributed by atoms with Crippen LogP contribution in [0.1, 0.15) is 72.1 Å². The minimum absolute atomic E-state index is 0.133. The molecule has 3 unspecified atom stereocenters. The highest BCUT2D eigenvalue weighted by atomic mass is 32.1. The van der Waals surface area contributed by atoms with Crippen molar-refractivity contribution >= 4 is 18.4 Å². The Bertz CT molecular complexity index is 540. The van der Waals surface area contributed by atoms with Gasteiger partial charge in [0, 0.05) is 17.8 Å². The summed E-state index contributed by atoms with van der Waals surface area (Å²) < 4.78 is 0. The van der Waals surface area contributed by atoms with Crippen LogP contribution in [-0.2, 0) is 4.79 Å². The highest BCUT2D eigenvalue weighted by Crippen LogP contribution is 2.50. The Kier molecular flexibility index (Phi) is 5.11. The van der Waals surface area contributed by atoms with E-state index in [9.17, 15) is 4.79 Å². The fourth-order valence-electron chi connectivity index (χ4n) is 4.68. The lowest BCUT2D eigenvalue weighted by molar-refractivity contribution is -0.122. The second-order valence-electron chi connectivity index (χ2n) is 8.53. The molecular formula is C21H32OS. The van der Waals surface area contributed by atoms with Crippen LogP contribution in [0.4, 0.5) is 0 Å². The van der Waals surface area contributed by atoms with E-state index in [4.69, 9.17) is 0 Å². The van der Waals surface area contributed by atoms with Crippen LogP contribution in [-0.4, -0.2) is 11.5 Å². The molecule has 0 aromatic rings. The summed E-state index contributed by atoms with van der Waals surface area (Å²) in [5.74, 6) is 3.16. The first-order valence-electron chi connectivity index (χ1n) is 9.47. The zero-order valence-corrected chi connectivity index (χ0v) is 15.9. The van der Waals surface area contributed by atoms with Crippen LogP contribution in [0.25, 0.3) is 0 Å². The largest absolute Gasteiger partial charge is 0.299 e. The zero-order chi connectivity index (χ0) is 16.6. The number of thiol groups is 1. The van der Waals surface area contributed by atoms with Crippen molar-refractivity contribution < 1.29 is 4.79 Å². The van der Waals surface area contributed by atoms with E-state index in [-0.39, 0.29) is 11.3 Å². The fraction of sp³-hybridized carbons (Fsp3) is 0.762. The normalized spacial score (nSPS) is 35.4. The Balaban J connectivity index is 1.95. The van der Waals surface area contributed by atoms with E-state index in [1.54, 1.807) is 5.57 Å². The maximum atomic E-state index is 12.7. The number of fused-ring (bicyclic) bond motifs is 1. The van der Waals surface area contributed by atoms with Crippen LogP contribution in [0.3, 0.4) is 0 Å². The molecule has 0 spiro atoms. The molecule has 0 heterocycles. The SMILES string of the molecule is CC1=C2CC(=O)C(C)C/C(C(CCS)CC3CC3)=C\C2(C)CC1. The molecule has 128 valence electrons. The molecule has 0 aromatic carbocycles. The van der Waals surface area contributed by atoms with Crippen LogP contribution < -0.4 is 0 Å². The van der Waals surface area contributed by atoms with Gasteiger partial charge in [0.15, 0.2) is 0 Å². The summed E-state index contributed by atoms with van der Waals surface area (Å²) in [4.78, 5) is 12.7. The first-order valence-corrected chi connectivity index (χ1v) is 10.1. The van der Waals surface area contributed by atoms with E-state index in [0.717, 1.165) is 24.5 Å². The quantitative estimate of drug-likeness (QED) is 0.500. The summed E-state index contributed by atoms with van der Waals surface area (Å²) in [5.41, 5.74) is 4.61. The highest BCUT2D eigenvalue weighted by molar-refractivity contribution is 7.80. The van der Waals surface area contributed by atoms with Gasteiger partial charge < -0.3 is 0 Å². The summed E-state index contributed by atoms with van der Waals surface area (Å²) in [5, 5.41) is 0. The van der Waals surface area contributed by atoms with Crippen molar-refractivity contribution in [3.05, 3.63) is 22.8 Å². The van der Waals surface area contributed by atoms with Gasteiger partial charge in [0.25, 0.3) is 0 Å². The van der Waals surface area contributed by atoms with Gasteiger partial charge in [0.05, 0.1) is 0 Å². The monoisotopic (exact) mass is 332 g/mol. The van der Waals surface area contributed by atoms with Gasteiger partial charge in [-0.05, 0) is 56.6 Å². The summed E-state index contributed by atoms with van der Waals surface area (Å²) in [6, 6.07) is 0. The molecule has 2 heteroatoms. The number of hydrogen-bond acceptors (Lipinski definition) is 2. The highest BCUT2D eigenvalue weighted by Gasteiger charge is 2.38. The van der Waals surface area contributed by atoms with E-state index in [0.29, 0.717) is 18.1 Å². The molecular weight excluding hydrogens is 300 g/mol. The lowest BCUT2D eigenvalue weighted by Gasteiger charge is -2.33. The molecule has 0 aliphatic heterocycles. The van der Waals surface area contributed by atoms with E-state index in [2.05, 4.69) is 39.5 Å². The van der Waals surface area contributed by atoms with Gasteiger partial charge in [-0.25, -0.2) is 0 Å². The molecule has 3 aliphatic carbocycles. The topological polar surface area (TPSA) is 17.1 Å². The van der Waals surface area contributed by atoms with E-state index in [1.807, 2.05) is 0 Å². The number of rotatable bonds is 5. The Hall–Kier alpha value is -0.500. The van der Waals surface area contributed by atoms with Gasteiger partial charge in [-0.2, -0.15) is 12.6 Å². The number of ketones is 1. The number of allylic oxidation sites excluding steroid dienone is 4. The van der Waals surface area contributed by atoms with E-state index >= 15 is 0 Å². The molecule has 0 radical (unpaired) electrons. The Morgan fingerprint density at radius 3 is 2.78 bits per heavy atom. The Morgan fingerprint density at radius 2 is 2.13 bits per heavy atom. The third-order valence-corrected chi connectivity index (χ3v) is 6.75. The molecule has 0 saturated heterocycles. The van der Waals surface area contributed by atoms with Crippen molar-refractivity contribution in [2.75, 3.05) is 5.75 Å². The first kappa shape index (κ1) is 17.3. The molecule has 1 fully saturated rings. The molecule has 0 bridgehead atoms. The van der Waals surface area contributed by atoms with Gasteiger partial charge in [-0.1, -0.05) is 49.5 Å². The standard InChI is InChI=1S/C21H32OS/c1-14-6-8-21(3)13-18(10-15(2)20(22)12-19(14)21)17(7-9-23)11-16-4-5-16/h13,15-17,23H,4-12H2,1-3H3/b18-13+. The van der Waals surface area contributed by atoms with E-state index in [1.165, 1.54) is 43.3 Å². The molecule has 1 saturated carbocycles. The van der Waals surface area contributed by atoms with Crippen molar-refractivity contribution in [1.29, 1.82) is 0 Å². The summed E-state index contributed by atoms with van der Waals surface area (Å²) >= 11 is 4.52. The second kappa shape index (κ2) is 6.78. The molecule has 3 rings (SSSR count). The van der Waals surface area contributed by atoms with Crippen molar-refractivity contribution in [3.8, 4) is 0 Å². The van der Waals surface area contributed by atoms with Crippen LogP contribution >= 0.6 is 12.6 Å². The van der Waals surface area contributed by atoms with Crippen LogP contribution in [0, 0.1) is 23.2 Å². The smallest absolute Gasteiger partial charge is 0.140 e. The summed E-state index contributed by atoms with van der Waals surface area (Å²) in [7, 11) is 0. The Morgan fingerprint density at radius 1 is 1.39 bits per heavy atom. The maximum Gasteiger partial charge on any atom is 0.140 e. The third kappa shape index (κ3) is 3.78. The average molecular weight is 333 g/mol. The van der Waals surface area contributed by atoms with Crippen molar-refractivity contribution in [2.45, 2.75) is 72.1 Å². The maximum absolute atomic E-state index is 12.7. The van der Waals surface area contributed by atoms with Gasteiger partial charge in [0.1, 0.15) is 5.78 Å². The molecule has 23 heavy (non-hydrogen) atoms. The van der Waals surface area contributed by atoms with Gasteiger partial charge in [-0.15, -0.1) is 0 Å². The third-order valence-electron chi connectivity index (χ3n) is 6.49. The molecule has 0 aromatic heterocycles. The second-order valence-corrected chi connectivity index (χ2v) is 8.98. The van der Waals surface area contributed by atoms with Crippen LogP contribution in [0.5, 0.6) is 0 Å². The Labute approximate surface area is 147 Å². The van der Waals surface area contributed by atoms with Crippen molar-refractivity contribution in [1.82, 2.24) is 0 Å². The molecule has 1 nitrogen and oxygen atoms in total. The molecule has 0 amide bonds. The molecule has 0 N–H and O–H groups in total. The lowest BCUT2D eigenvalue weighted by Crippen LogP contribution is -2.25. The minimum Gasteiger partial charge on any atom is -0.299 e.